The van der Waals surface area contributed by atoms with Crippen molar-refractivity contribution in [2.24, 2.45) is 0 Å². The van der Waals surface area contributed by atoms with Crippen molar-refractivity contribution in [1.29, 1.82) is 0 Å². The molecule has 2 aromatic rings. The Balaban J connectivity index is 1.89. The van der Waals surface area contributed by atoms with Gasteiger partial charge in [0.25, 0.3) is 0 Å². The highest BCUT2D eigenvalue weighted by Gasteiger charge is 2.10. The first-order valence-electron chi connectivity index (χ1n) is 7.81. The van der Waals surface area contributed by atoms with Crippen LogP contribution in [-0.4, -0.2) is 44.6 Å². The number of hydrogen-bond acceptors (Lipinski definition) is 5. The van der Waals surface area contributed by atoms with E-state index in [1.807, 2.05) is 18.0 Å². The first-order valence-corrected chi connectivity index (χ1v) is 7.81. The van der Waals surface area contributed by atoms with E-state index in [1.165, 1.54) is 7.11 Å². The van der Waals surface area contributed by atoms with Gasteiger partial charge in [-0.25, -0.2) is 4.79 Å². The second-order valence-corrected chi connectivity index (χ2v) is 5.64. The average molecular weight is 342 g/mol. The summed E-state index contributed by atoms with van der Waals surface area (Å²) < 4.78 is 9.80. The lowest BCUT2D eigenvalue weighted by Gasteiger charge is -2.17. The van der Waals surface area contributed by atoms with Gasteiger partial charge in [0.2, 0.25) is 5.91 Å². The molecule has 25 heavy (non-hydrogen) atoms. The molecule has 0 heterocycles. The van der Waals surface area contributed by atoms with Crippen molar-refractivity contribution in [1.82, 2.24) is 4.90 Å². The molecule has 0 saturated carbocycles. The summed E-state index contributed by atoms with van der Waals surface area (Å²) in [6, 6.07) is 14.3. The van der Waals surface area contributed by atoms with Crippen LogP contribution in [-0.2, 0) is 16.1 Å². The Bertz CT molecular complexity index is 728. The Kier molecular flexibility index (Phi) is 6.54. The third-order valence-corrected chi connectivity index (χ3v) is 3.59. The standard InChI is InChI=1S/C19H22N2O4/c1-21(12-14-5-4-6-15(11-14)19(23)25-3)13-18(22)20-16-7-9-17(24-2)10-8-16/h4-11H,12-13H2,1-3H3,(H,20,22). The fourth-order valence-corrected chi connectivity index (χ4v) is 2.40. The summed E-state index contributed by atoms with van der Waals surface area (Å²) in [7, 11) is 4.79. The van der Waals surface area contributed by atoms with E-state index in [2.05, 4.69) is 5.32 Å². The number of nitrogens with zero attached hydrogens (tertiary/aromatic N) is 1. The third-order valence-electron chi connectivity index (χ3n) is 3.59. The van der Waals surface area contributed by atoms with Gasteiger partial charge in [-0.1, -0.05) is 12.1 Å². The van der Waals surface area contributed by atoms with Gasteiger partial charge in [-0.3, -0.25) is 9.69 Å². The summed E-state index contributed by atoms with van der Waals surface area (Å²) in [6.45, 7) is 0.773. The molecule has 0 fully saturated rings. The van der Waals surface area contributed by atoms with Gasteiger partial charge in [-0.2, -0.15) is 0 Å². The molecule has 0 aliphatic heterocycles. The van der Waals surface area contributed by atoms with Crippen molar-refractivity contribution < 1.29 is 19.1 Å². The van der Waals surface area contributed by atoms with Crippen LogP contribution in [0.4, 0.5) is 5.69 Å². The number of rotatable bonds is 7. The van der Waals surface area contributed by atoms with E-state index in [9.17, 15) is 9.59 Å². The van der Waals surface area contributed by atoms with Gasteiger partial charge in [0.15, 0.2) is 0 Å². The lowest BCUT2D eigenvalue weighted by atomic mass is 10.1. The molecule has 6 heteroatoms. The molecule has 1 N–H and O–H groups in total. The number of ether oxygens (including phenoxy) is 2. The summed E-state index contributed by atoms with van der Waals surface area (Å²) >= 11 is 0. The fraction of sp³-hybridized carbons (Fsp3) is 0.263. The van der Waals surface area contributed by atoms with E-state index in [0.717, 1.165) is 11.3 Å². The van der Waals surface area contributed by atoms with E-state index in [4.69, 9.17) is 9.47 Å². The highest BCUT2D eigenvalue weighted by Crippen LogP contribution is 2.15. The van der Waals surface area contributed by atoms with E-state index in [0.29, 0.717) is 17.8 Å². The zero-order chi connectivity index (χ0) is 18.2. The number of benzene rings is 2. The van der Waals surface area contributed by atoms with Gasteiger partial charge in [0.05, 0.1) is 26.3 Å². The Morgan fingerprint density at radius 1 is 1.08 bits per heavy atom. The summed E-state index contributed by atoms with van der Waals surface area (Å²) in [5.74, 6) is 0.249. The molecule has 1 amide bonds. The zero-order valence-electron chi connectivity index (χ0n) is 14.6. The number of nitrogens with one attached hydrogen (secondary N) is 1. The molecule has 2 rings (SSSR count). The molecule has 0 radical (unpaired) electrons. The van der Waals surface area contributed by atoms with Crippen LogP contribution in [0, 0.1) is 0 Å². The van der Waals surface area contributed by atoms with Crippen molar-refractivity contribution in [3.8, 4) is 5.75 Å². The molecule has 0 bridgehead atoms. The van der Waals surface area contributed by atoms with Crippen LogP contribution in [0.5, 0.6) is 5.75 Å². The molecular weight excluding hydrogens is 320 g/mol. The maximum atomic E-state index is 12.1. The van der Waals surface area contributed by atoms with Crippen LogP contribution >= 0.6 is 0 Å². The molecule has 0 atom stereocenters. The summed E-state index contributed by atoms with van der Waals surface area (Å²) in [5.41, 5.74) is 2.14. The van der Waals surface area contributed by atoms with E-state index < -0.39 is 0 Å². The first kappa shape index (κ1) is 18.5. The maximum Gasteiger partial charge on any atom is 0.337 e. The van der Waals surface area contributed by atoms with E-state index in [1.54, 1.807) is 49.6 Å². The minimum absolute atomic E-state index is 0.114. The maximum absolute atomic E-state index is 12.1. The third kappa shape index (κ3) is 5.61. The highest BCUT2D eigenvalue weighted by atomic mass is 16.5. The first-order chi connectivity index (χ1) is 12.0. The fourth-order valence-electron chi connectivity index (χ4n) is 2.40. The van der Waals surface area contributed by atoms with Crippen molar-refractivity contribution in [3.63, 3.8) is 0 Å². The molecule has 0 unspecified atom stereocenters. The van der Waals surface area contributed by atoms with Crippen LogP contribution in [0.25, 0.3) is 0 Å². The Morgan fingerprint density at radius 2 is 1.80 bits per heavy atom. The summed E-state index contributed by atoms with van der Waals surface area (Å²) in [5, 5.41) is 2.84. The number of methoxy groups -OCH3 is 2. The number of esters is 1. The lowest BCUT2D eigenvalue weighted by Crippen LogP contribution is -2.29. The van der Waals surface area contributed by atoms with Crippen LogP contribution in [0.2, 0.25) is 0 Å². The van der Waals surface area contributed by atoms with Crippen molar-refractivity contribution in [2.45, 2.75) is 6.54 Å². The summed E-state index contributed by atoms with van der Waals surface area (Å²) in [6.07, 6.45) is 0. The molecule has 2 aromatic carbocycles. The minimum atomic E-state index is -0.373. The van der Waals surface area contributed by atoms with Crippen LogP contribution in [0.15, 0.2) is 48.5 Å². The molecular formula is C19H22N2O4. The van der Waals surface area contributed by atoms with Gasteiger partial charge in [0, 0.05) is 12.2 Å². The SMILES string of the molecule is COC(=O)c1cccc(CN(C)CC(=O)Nc2ccc(OC)cc2)c1. The molecule has 0 aromatic heterocycles. The molecule has 132 valence electrons. The van der Waals surface area contributed by atoms with Gasteiger partial charge < -0.3 is 14.8 Å². The number of carbonyl (C=O) groups excluding carboxylic acids is 2. The predicted molar refractivity (Wildman–Crippen MR) is 95.7 cm³/mol. The summed E-state index contributed by atoms with van der Waals surface area (Å²) in [4.78, 5) is 25.6. The predicted octanol–water partition coefficient (Wildman–Crippen LogP) is 2.55. The van der Waals surface area contributed by atoms with Gasteiger partial charge in [-0.05, 0) is 49.0 Å². The van der Waals surface area contributed by atoms with Crippen molar-refractivity contribution >= 4 is 17.6 Å². The zero-order valence-corrected chi connectivity index (χ0v) is 14.6. The monoisotopic (exact) mass is 342 g/mol. The normalized spacial score (nSPS) is 10.4. The van der Waals surface area contributed by atoms with Crippen LogP contribution < -0.4 is 10.1 Å². The molecule has 0 aliphatic carbocycles. The Morgan fingerprint density at radius 3 is 2.44 bits per heavy atom. The van der Waals surface area contributed by atoms with E-state index in [-0.39, 0.29) is 18.4 Å². The average Bonchev–Trinajstić information content (AvgIpc) is 2.61. The number of carbonyl (C=O) groups is 2. The molecule has 0 aliphatic rings. The number of likely N-dealkylation sites (N-methyl/N-ethyl adjacent to an activating group) is 1. The second-order valence-electron chi connectivity index (χ2n) is 5.64. The van der Waals surface area contributed by atoms with Gasteiger partial charge >= 0.3 is 5.97 Å². The van der Waals surface area contributed by atoms with Crippen LogP contribution in [0.1, 0.15) is 15.9 Å². The quantitative estimate of drug-likeness (QED) is 0.783. The molecule has 0 spiro atoms. The number of amides is 1. The Labute approximate surface area is 147 Å². The Hall–Kier alpha value is -2.86. The van der Waals surface area contributed by atoms with Crippen molar-refractivity contribution in [2.75, 3.05) is 33.1 Å². The van der Waals surface area contributed by atoms with Gasteiger partial charge in [-0.15, -0.1) is 0 Å². The lowest BCUT2D eigenvalue weighted by molar-refractivity contribution is -0.117. The number of hydrogen-bond donors (Lipinski definition) is 1. The van der Waals surface area contributed by atoms with Crippen molar-refractivity contribution in [3.05, 3.63) is 59.7 Å². The molecule has 6 nitrogen and oxygen atoms in total. The van der Waals surface area contributed by atoms with E-state index >= 15 is 0 Å². The topological polar surface area (TPSA) is 67.9 Å². The second kappa shape index (κ2) is 8.84. The number of anilines is 1. The highest BCUT2D eigenvalue weighted by molar-refractivity contribution is 5.92. The van der Waals surface area contributed by atoms with Crippen LogP contribution in [0.3, 0.4) is 0 Å². The molecule has 0 saturated heterocycles. The van der Waals surface area contributed by atoms with Gasteiger partial charge in [0.1, 0.15) is 5.75 Å². The smallest absolute Gasteiger partial charge is 0.337 e. The largest absolute Gasteiger partial charge is 0.497 e. The minimum Gasteiger partial charge on any atom is -0.497 e.